The van der Waals surface area contributed by atoms with Gasteiger partial charge in [0.05, 0.1) is 0 Å². The van der Waals surface area contributed by atoms with Crippen molar-refractivity contribution in [3.63, 3.8) is 0 Å². The van der Waals surface area contributed by atoms with Crippen LogP contribution in [0.3, 0.4) is 0 Å². The van der Waals surface area contributed by atoms with Crippen LogP contribution in [0.5, 0.6) is 0 Å². The second-order valence-electron chi connectivity index (χ2n) is 2.67. The lowest BCUT2D eigenvalue weighted by molar-refractivity contribution is 0.109. The lowest BCUT2D eigenvalue weighted by Gasteiger charge is -1.95. The van der Waals surface area contributed by atoms with Crippen LogP contribution in [0.2, 0.25) is 0 Å². The van der Waals surface area contributed by atoms with Gasteiger partial charge in [0, 0.05) is 5.56 Å². The summed E-state index contributed by atoms with van der Waals surface area (Å²) in [4.78, 5) is 14.1. The number of nitrogens with zero attached hydrogens (tertiary/aromatic N) is 1. The number of oxazole rings is 1. The molecule has 1 aromatic heterocycles. The van der Waals surface area contributed by atoms with Crippen molar-refractivity contribution in [2.45, 2.75) is 0 Å². The molecule has 70 valence electrons. The molecule has 0 saturated carbocycles. The van der Waals surface area contributed by atoms with Crippen LogP contribution in [0.4, 0.5) is 4.39 Å². The lowest BCUT2D eigenvalue weighted by atomic mass is 10.1. The highest BCUT2D eigenvalue weighted by Crippen LogP contribution is 2.20. The topological polar surface area (TPSA) is 43.1 Å². The maximum Gasteiger partial charge on any atom is 0.260 e. The normalized spacial score (nSPS) is 10.1. The van der Waals surface area contributed by atoms with Gasteiger partial charge in [-0.15, -0.1) is 0 Å². The van der Waals surface area contributed by atoms with E-state index < -0.39 is 5.82 Å². The fourth-order valence-corrected chi connectivity index (χ4v) is 1.13. The number of rotatable bonds is 2. The molecule has 0 spiro atoms. The molecule has 0 N–H and O–H groups in total. The Hall–Kier alpha value is -1.97. The van der Waals surface area contributed by atoms with E-state index in [1.54, 1.807) is 18.2 Å². The predicted octanol–water partition coefficient (Wildman–Crippen LogP) is 2.29. The van der Waals surface area contributed by atoms with E-state index in [-0.39, 0.29) is 5.89 Å². The van der Waals surface area contributed by atoms with Gasteiger partial charge in [0.2, 0.25) is 6.29 Å². The Morgan fingerprint density at radius 1 is 1.36 bits per heavy atom. The smallest absolute Gasteiger partial charge is 0.260 e. The summed E-state index contributed by atoms with van der Waals surface area (Å²) in [5.41, 5.74) is 0.648. The molecule has 0 radical (unpaired) electrons. The molecule has 0 unspecified atom stereocenters. The van der Waals surface area contributed by atoms with Crippen LogP contribution in [-0.4, -0.2) is 11.3 Å². The first-order valence-electron chi connectivity index (χ1n) is 3.97. The maximum absolute atomic E-state index is 13.2. The van der Waals surface area contributed by atoms with Crippen molar-refractivity contribution in [1.29, 1.82) is 0 Å². The Morgan fingerprint density at radius 2 is 2.14 bits per heavy atom. The first kappa shape index (κ1) is 8.62. The average Bonchev–Trinajstić information content (AvgIpc) is 2.67. The highest BCUT2D eigenvalue weighted by molar-refractivity contribution is 5.70. The number of aromatic nitrogens is 1. The molecule has 0 amide bonds. The van der Waals surface area contributed by atoms with Crippen molar-refractivity contribution in [2.24, 2.45) is 0 Å². The quantitative estimate of drug-likeness (QED) is 0.684. The van der Waals surface area contributed by atoms with Crippen LogP contribution in [-0.2, 0) is 0 Å². The second kappa shape index (κ2) is 3.41. The van der Waals surface area contributed by atoms with Gasteiger partial charge in [-0.05, 0) is 12.1 Å². The third-order valence-corrected chi connectivity index (χ3v) is 1.77. The summed E-state index contributed by atoms with van der Waals surface area (Å²) in [6.07, 6.45) is 1.73. The second-order valence-corrected chi connectivity index (χ2v) is 2.67. The van der Waals surface area contributed by atoms with E-state index in [0.29, 0.717) is 17.5 Å². The van der Waals surface area contributed by atoms with Crippen molar-refractivity contribution < 1.29 is 13.6 Å². The summed E-state index contributed by atoms with van der Waals surface area (Å²) in [6.45, 7) is 0. The van der Waals surface area contributed by atoms with Crippen molar-refractivity contribution >= 4 is 6.29 Å². The molecule has 1 aromatic carbocycles. The van der Waals surface area contributed by atoms with Gasteiger partial charge in [0.1, 0.15) is 17.8 Å². The zero-order valence-electron chi connectivity index (χ0n) is 7.11. The highest BCUT2D eigenvalue weighted by Gasteiger charge is 2.08. The van der Waals surface area contributed by atoms with Crippen LogP contribution >= 0.6 is 0 Å². The molecular weight excluding hydrogens is 185 g/mol. The molecule has 0 saturated heterocycles. The predicted molar refractivity (Wildman–Crippen MR) is 47.3 cm³/mol. The zero-order valence-corrected chi connectivity index (χ0v) is 7.11. The SMILES string of the molecule is O=Cc1nc(-c2ccccc2F)co1. The maximum atomic E-state index is 13.2. The lowest BCUT2D eigenvalue weighted by Crippen LogP contribution is -1.84. The number of benzene rings is 1. The molecule has 0 atom stereocenters. The molecular formula is C10H6FNO2. The van der Waals surface area contributed by atoms with Gasteiger partial charge < -0.3 is 4.42 Å². The van der Waals surface area contributed by atoms with Crippen molar-refractivity contribution in [3.8, 4) is 11.3 Å². The zero-order chi connectivity index (χ0) is 9.97. The Morgan fingerprint density at radius 3 is 2.79 bits per heavy atom. The van der Waals surface area contributed by atoms with E-state index in [1.165, 1.54) is 12.3 Å². The standard InChI is InChI=1S/C10H6FNO2/c11-8-4-2-1-3-7(8)9-6-14-10(5-13)12-9/h1-6H. The van der Waals surface area contributed by atoms with Crippen LogP contribution in [0.15, 0.2) is 34.9 Å². The summed E-state index contributed by atoms with van der Waals surface area (Å²) in [5, 5.41) is 0. The van der Waals surface area contributed by atoms with E-state index in [0.717, 1.165) is 0 Å². The fraction of sp³-hybridized carbons (Fsp3) is 0. The summed E-state index contributed by atoms with van der Waals surface area (Å²) in [7, 11) is 0. The minimum atomic E-state index is -0.391. The third kappa shape index (κ3) is 1.42. The molecule has 1 heterocycles. The monoisotopic (exact) mass is 191 g/mol. The summed E-state index contributed by atoms with van der Waals surface area (Å²) < 4.78 is 18.0. The van der Waals surface area contributed by atoms with E-state index >= 15 is 0 Å². The van der Waals surface area contributed by atoms with Gasteiger partial charge in [-0.25, -0.2) is 9.37 Å². The van der Waals surface area contributed by atoms with E-state index in [2.05, 4.69) is 4.98 Å². The third-order valence-electron chi connectivity index (χ3n) is 1.77. The van der Waals surface area contributed by atoms with Crippen molar-refractivity contribution in [1.82, 2.24) is 4.98 Å². The fourth-order valence-electron chi connectivity index (χ4n) is 1.13. The first-order chi connectivity index (χ1) is 6.81. The van der Waals surface area contributed by atoms with Crippen molar-refractivity contribution in [3.05, 3.63) is 42.2 Å². The van der Waals surface area contributed by atoms with Gasteiger partial charge in [-0.3, -0.25) is 4.79 Å². The number of halogens is 1. The molecule has 2 aromatic rings. The Kier molecular flexibility index (Phi) is 2.10. The summed E-state index contributed by atoms with van der Waals surface area (Å²) in [5.74, 6) is -0.443. The van der Waals surface area contributed by atoms with Gasteiger partial charge in [-0.2, -0.15) is 0 Å². The van der Waals surface area contributed by atoms with Gasteiger partial charge in [0.25, 0.3) is 5.89 Å². The molecule has 14 heavy (non-hydrogen) atoms. The van der Waals surface area contributed by atoms with Gasteiger partial charge >= 0.3 is 0 Å². The number of aldehydes is 1. The van der Waals surface area contributed by atoms with E-state index in [1.807, 2.05) is 0 Å². The molecule has 0 aliphatic rings. The largest absolute Gasteiger partial charge is 0.442 e. The highest BCUT2D eigenvalue weighted by atomic mass is 19.1. The average molecular weight is 191 g/mol. The summed E-state index contributed by atoms with van der Waals surface area (Å²) >= 11 is 0. The molecule has 4 heteroatoms. The Balaban J connectivity index is 2.49. The van der Waals surface area contributed by atoms with Gasteiger partial charge in [0.15, 0.2) is 0 Å². The molecule has 0 aliphatic heterocycles. The number of carbonyl (C=O) groups excluding carboxylic acids is 1. The molecule has 0 bridgehead atoms. The number of hydrogen-bond acceptors (Lipinski definition) is 3. The minimum Gasteiger partial charge on any atom is -0.442 e. The van der Waals surface area contributed by atoms with Gasteiger partial charge in [-0.1, -0.05) is 12.1 Å². The van der Waals surface area contributed by atoms with Crippen molar-refractivity contribution in [2.75, 3.05) is 0 Å². The first-order valence-corrected chi connectivity index (χ1v) is 3.97. The van der Waals surface area contributed by atoms with Crippen LogP contribution in [0.25, 0.3) is 11.3 Å². The Bertz CT molecular complexity index is 465. The summed E-state index contributed by atoms with van der Waals surface area (Å²) in [6, 6.07) is 6.17. The van der Waals surface area contributed by atoms with E-state index in [4.69, 9.17) is 4.42 Å². The molecule has 3 nitrogen and oxygen atoms in total. The minimum absolute atomic E-state index is 0.0525. The van der Waals surface area contributed by atoms with Crippen LogP contribution in [0.1, 0.15) is 10.7 Å². The molecule has 0 fully saturated rings. The van der Waals surface area contributed by atoms with E-state index in [9.17, 15) is 9.18 Å². The van der Waals surface area contributed by atoms with Crippen LogP contribution < -0.4 is 0 Å². The van der Waals surface area contributed by atoms with Crippen LogP contribution in [0, 0.1) is 5.82 Å². The number of carbonyl (C=O) groups is 1. The molecule has 0 aliphatic carbocycles. The Labute approximate surface area is 79.2 Å². The number of hydrogen-bond donors (Lipinski definition) is 0. The molecule has 2 rings (SSSR count).